The molecule has 0 saturated carbocycles. The molecule has 5 heteroatoms. The Kier molecular flexibility index (Phi) is 3.87. The van der Waals surface area contributed by atoms with Crippen molar-refractivity contribution in [1.82, 2.24) is 9.78 Å². The Hall–Kier alpha value is -1.55. The molecule has 0 radical (unpaired) electrons. The van der Waals surface area contributed by atoms with Gasteiger partial charge in [0.2, 0.25) is 0 Å². The zero-order valence-electron chi connectivity index (χ0n) is 10.3. The molecule has 0 saturated heterocycles. The lowest BCUT2D eigenvalue weighted by atomic mass is 10.2. The van der Waals surface area contributed by atoms with Crippen LogP contribution in [0.15, 0.2) is 30.6 Å². The summed E-state index contributed by atoms with van der Waals surface area (Å²) < 4.78 is 15.4. The largest absolute Gasteiger partial charge is 0.378 e. The van der Waals surface area contributed by atoms with Crippen molar-refractivity contribution in [2.45, 2.75) is 26.4 Å². The maximum Gasteiger partial charge on any atom is 0.129 e. The first-order chi connectivity index (χ1) is 8.58. The second-order valence-corrected chi connectivity index (χ2v) is 4.76. The highest BCUT2D eigenvalue weighted by molar-refractivity contribution is 6.31. The molecule has 2 aromatic rings. The number of halogens is 2. The minimum atomic E-state index is -0.300. The van der Waals surface area contributed by atoms with Crippen molar-refractivity contribution >= 4 is 17.3 Å². The van der Waals surface area contributed by atoms with Crippen molar-refractivity contribution in [3.8, 4) is 0 Å². The number of nitrogens with zero attached hydrogens (tertiary/aromatic N) is 2. The summed E-state index contributed by atoms with van der Waals surface area (Å²) >= 11 is 5.95. The van der Waals surface area contributed by atoms with Crippen LogP contribution in [0.25, 0.3) is 0 Å². The third-order valence-corrected chi connectivity index (χ3v) is 3.02. The van der Waals surface area contributed by atoms with Crippen LogP contribution < -0.4 is 5.32 Å². The minimum absolute atomic E-state index is 0.300. The average Bonchev–Trinajstić information content (AvgIpc) is 2.77. The highest BCUT2D eigenvalue weighted by atomic mass is 35.5. The van der Waals surface area contributed by atoms with E-state index in [2.05, 4.69) is 10.4 Å². The van der Waals surface area contributed by atoms with Gasteiger partial charge >= 0.3 is 0 Å². The van der Waals surface area contributed by atoms with E-state index in [4.69, 9.17) is 11.6 Å². The molecule has 2 rings (SSSR count). The molecule has 96 valence electrons. The van der Waals surface area contributed by atoms with Crippen LogP contribution in [-0.4, -0.2) is 9.78 Å². The third kappa shape index (κ3) is 2.82. The van der Waals surface area contributed by atoms with E-state index < -0.39 is 0 Å². The van der Waals surface area contributed by atoms with E-state index in [1.807, 2.05) is 24.7 Å². The topological polar surface area (TPSA) is 29.9 Å². The lowest BCUT2D eigenvalue weighted by molar-refractivity contribution is 0.532. The molecule has 0 spiro atoms. The van der Waals surface area contributed by atoms with Gasteiger partial charge in [-0.05, 0) is 26.0 Å². The second-order valence-electron chi connectivity index (χ2n) is 4.36. The summed E-state index contributed by atoms with van der Waals surface area (Å²) in [5.41, 5.74) is 1.32. The van der Waals surface area contributed by atoms with Gasteiger partial charge in [0.05, 0.1) is 11.9 Å². The summed E-state index contributed by atoms with van der Waals surface area (Å²) in [5.74, 6) is -0.300. The van der Waals surface area contributed by atoms with Crippen molar-refractivity contribution in [2.24, 2.45) is 0 Å². The zero-order valence-corrected chi connectivity index (χ0v) is 11.1. The molecule has 3 nitrogen and oxygen atoms in total. The predicted molar refractivity (Wildman–Crippen MR) is 71.3 cm³/mol. The first-order valence-corrected chi connectivity index (χ1v) is 6.16. The van der Waals surface area contributed by atoms with Crippen LogP contribution in [-0.2, 0) is 6.54 Å². The van der Waals surface area contributed by atoms with Gasteiger partial charge in [0.1, 0.15) is 5.82 Å². The van der Waals surface area contributed by atoms with Crippen molar-refractivity contribution in [2.75, 3.05) is 5.32 Å². The molecule has 0 atom stereocenters. The molecule has 1 heterocycles. The van der Waals surface area contributed by atoms with Crippen LogP contribution in [0, 0.1) is 5.82 Å². The third-order valence-electron chi connectivity index (χ3n) is 2.66. The molecule has 0 unspecified atom stereocenters. The molecular weight excluding hydrogens is 253 g/mol. The van der Waals surface area contributed by atoms with Gasteiger partial charge in [0, 0.05) is 29.4 Å². The number of aromatic nitrogens is 2. The van der Waals surface area contributed by atoms with Crippen LogP contribution >= 0.6 is 11.6 Å². The Morgan fingerprint density at radius 1 is 1.44 bits per heavy atom. The second kappa shape index (κ2) is 5.40. The standard InChI is InChI=1S/C13H15ClFN3/c1-9(2)18-8-10(6-17-18)16-7-11-12(14)4-3-5-13(11)15/h3-6,8-9,16H,7H2,1-2H3. The van der Waals surface area contributed by atoms with E-state index in [9.17, 15) is 4.39 Å². The smallest absolute Gasteiger partial charge is 0.129 e. The maximum atomic E-state index is 13.5. The Balaban J connectivity index is 2.07. The summed E-state index contributed by atoms with van der Waals surface area (Å²) in [6, 6.07) is 4.98. The number of rotatable bonds is 4. The van der Waals surface area contributed by atoms with E-state index in [1.165, 1.54) is 6.07 Å². The fraction of sp³-hybridized carbons (Fsp3) is 0.308. The maximum absolute atomic E-state index is 13.5. The minimum Gasteiger partial charge on any atom is -0.378 e. The normalized spacial score (nSPS) is 10.9. The molecule has 0 aliphatic rings. The fourth-order valence-corrected chi connectivity index (χ4v) is 1.83. The Morgan fingerprint density at radius 2 is 2.22 bits per heavy atom. The summed E-state index contributed by atoms with van der Waals surface area (Å²) in [6.07, 6.45) is 3.61. The van der Waals surface area contributed by atoms with Crippen LogP contribution in [0.5, 0.6) is 0 Å². The van der Waals surface area contributed by atoms with Gasteiger partial charge in [-0.1, -0.05) is 17.7 Å². The van der Waals surface area contributed by atoms with Crippen LogP contribution in [0.2, 0.25) is 5.02 Å². The molecule has 1 N–H and O–H groups in total. The highest BCUT2D eigenvalue weighted by Gasteiger charge is 2.07. The van der Waals surface area contributed by atoms with Gasteiger partial charge in [0.25, 0.3) is 0 Å². The van der Waals surface area contributed by atoms with Gasteiger partial charge in [-0.2, -0.15) is 5.10 Å². The van der Waals surface area contributed by atoms with Gasteiger partial charge in [-0.3, -0.25) is 4.68 Å². The van der Waals surface area contributed by atoms with Crippen LogP contribution in [0.4, 0.5) is 10.1 Å². The fourth-order valence-electron chi connectivity index (χ4n) is 1.60. The van der Waals surface area contributed by atoms with E-state index in [1.54, 1.807) is 18.3 Å². The highest BCUT2D eigenvalue weighted by Crippen LogP contribution is 2.20. The lowest BCUT2D eigenvalue weighted by Gasteiger charge is -2.07. The van der Waals surface area contributed by atoms with Crippen LogP contribution in [0.3, 0.4) is 0 Å². The van der Waals surface area contributed by atoms with Crippen molar-refractivity contribution in [3.63, 3.8) is 0 Å². The number of hydrogen-bond donors (Lipinski definition) is 1. The quantitative estimate of drug-likeness (QED) is 0.911. The van der Waals surface area contributed by atoms with Crippen molar-refractivity contribution in [1.29, 1.82) is 0 Å². The van der Waals surface area contributed by atoms with Crippen molar-refractivity contribution < 1.29 is 4.39 Å². The molecule has 0 aliphatic heterocycles. The SMILES string of the molecule is CC(C)n1cc(NCc2c(F)cccc2Cl)cn1. The summed E-state index contributed by atoms with van der Waals surface area (Å²) in [4.78, 5) is 0. The van der Waals surface area contributed by atoms with Gasteiger partial charge in [-0.25, -0.2) is 4.39 Å². The molecule has 18 heavy (non-hydrogen) atoms. The summed E-state index contributed by atoms with van der Waals surface area (Å²) in [5, 5.41) is 7.74. The lowest BCUT2D eigenvalue weighted by Crippen LogP contribution is -2.02. The van der Waals surface area contributed by atoms with E-state index in [0.717, 1.165) is 5.69 Å². The Labute approximate surface area is 111 Å². The van der Waals surface area contributed by atoms with Crippen molar-refractivity contribution in [3.05, 3.63) is 47.0 Å². The zero-order chi connectivity index (χ0) is 13.1. The van der Waals surface area contributed by atoms with E-state index in [-0.39, 0.29) is 5.82 Å². The Morgan fingerprint density at radius 3 is 2.83 bits per heavy atom. The number of benzene rings is 1. The molecule has 0 aliphatic carbocycles. The van der Waals surface area contributed by atoms with Gasteiger partial charge in [-0.15, -0.1) is 0 Å². The predicted octanol–water partition coefficient (Wildman–Crippen LogP) is 3.87. The number of hydrogen-bond acceptors (Lipinski definition) is 2. The summed E-state index contributed by atoms with van der Waals surface area (Å²) in [6.45, 7) is 4.43. The van der Waals surface area contributed by atoms with Gasteiger partial charge in [0.15, 0.2) is 0 Å². The first-order valence-electron chi connectivity index (χ1n) is 5.79. The Bertz CT molecular complexity index is 517. The molecular formula is C13H15ClFN3. The summed E-state index contributed by atoms with van der Waals surface area (Å²) in [7, 11) is 0. The van der Waals surface area contributed by atoms with E-state index in [0.29, 0.717) is 23.2 Å². The first kappa shape index (κ1) is 12.9. The monoisotopic (exact) mass is 267 g/mol. The molecule has 0 amide bonds. The van der Waals surface area contributed by atoms with Gasteiger partial charge < -0.3 is 5.32 Å². The molecule has 0 bridgehead atoms. The van der Waals surface area contributed by atoms with Crippen LogP contribution in [0.1, 0.15) is 25.5 Å². The number of anilines is 1. The van der Waals surface area contributed by atoms with E-state index >= 15 is 0 Å². The average molecular weight is 268 g/mol. The number of nitrogens with one attached hydrogen (secondary N) is 1. The molecule has 0 fully saturated rings. The molecule has 1 aromatic heterocycles. The molecule has 1 aromatic carbocycles.